The molecule has 0 saturated carbocycles. The second-order valence-electron chi connectivity index (χ2n) is 5.66. The Bertz CT molecular complexity index is 405. The van der Waals surface area contributed by atoms with Crippen LogP contribution in [0.15, 0.2) is 24.3 Å². The number of rotatable bonds is 5. The quantitative estimate of drug-likeness (QED) is 0.886. The van der Waals surface area contributed by atoms with E-state index in [9.17, 15) is 4.39 Å². The van der Waals surface area contributed by atoms with Gasteiger partial charge in [0, 0.05) is 31.7 Å². The van der Waals surface area contributed by atoms with Crippen LogP contribution in [0, 0.1) is 11.2 Å². The third-order valence-electron chi connectivity index (χ3n) is 3.78. The molecule has 2 rings (SSSR count). The molecule has 0 aliphatic carbocycles. The molecule has 1 aliphatic rings. The molecule has 0 spiro atoms. The first-order chi connectivity index (χ1) is 9.13. The summed E-state index contributed by atoms with van der Waals surface area (Å²) in [6, 6.07) is 6.76. The van der Waals surface area contributed by atoms with Gasteiger partial charge >= 0.3 is 0 Å². The van der Waals surface area contributed by atoms with Crippen LogP contribution in [0.1, 0.15) is 18.4 Å². The zero-order chi connectivity index (χ0) is 13.7. The van der Waals surface area contributed by atoms with E-state index in [-0.39, 0.29) is 11.2 Å². The summed E-state index contributed by atoms with van der Waals surface area (Å²) in [5, 5.41) is 0. The van der Waals surface area contributed by atoms with E-state index in [4.69, 9.17) is 10.5 Å². The Morgan fingerprint density at radius 3 is 2.95 bits per heavy atom. The molecule has 1 fully saturated rings. The van der Waals surface area contributed by atoms with Crippen molar-refractivity contribution in [2.75, 3.05) is 33.4 Å². The van der Waals surface area contributed by atoms with Gasteiger partial charge in [-0.25, -0.2) is 4.39 Å². The lowest BCUT2D eigenvalue weighted by atomic mass is 9.82. The zero-order valence-electron chi connectivity index (χ0n) is 11.6. The molecular formula is C15H23FN2O. The molecule has 1 unspecified atom stereocenters. The highest BCUT2D eigenvalue weighted by Gasteiger charge is 2.32. The summed E-state index contributed by atoms with van der Waals surface area (Å²) < 4.78 is 18.7. The van der Waals surface area contributed by atoms with Crippen molar-refractivity contribution in [2.45, 2.75) is 19.4 Å². The number of halogens is 1. The van der Waals surface area contributed by atoms with Crippen molar-refractivity contribution in [1.82, 2.24) is 4.90 Å². The molecule has 2 N–H and O–H groups in total. The largest absolute Gasteiger partial charge is 0.381 e. The molecule has 106 valence electrons. The molecule has 0 amide bonds. The molecule has 1 saturated heterocycles. The van der Waals surface area contributed by atoms with Crippen LogP contribution >= 0.6 is 0 Å². The lowest BCUT2D eigenvalue weighted by Crippen LogP contribution is -2.46. The lowest BCUT2D eigenvalue weighted by Gasteiger charge is -2.39. The normalized spacial score (nSPS) is 23.8. The van der Waals surface area contributed by atoms with Crippen LogP contribution in [0.2, 0.25) is 0 Å². The number of nitrogens with two attached hydrogens (primary N) is 1. The van der Waals surface area contributed by atoms with Gasteiger partial charge in [0.05, 0.1) is 6.61 Å². The van der Waals surface area contributed by atoms with Crippen molar-refractivity contribution in [2.24, 2.45) is 11.1 Å². The van der Waals surface area contributed by atoms with Crippen molar-refractivity contribution in [1.29, 1.82) is 0 Å². The topological polar surface area (TPSA) is 38.5 Å². The summed E-state index contributed by atoms with van der Waals surface area (Å²) in [6.07, 6.45) is 2.18. The smallest absolute Gasteiger partial charge is 0.123 e. The first-order valence-corrected chi connectivity index (χ1v) is 6.84. The van der Waals surface area contributed by atoms with E-state index in [1.54, 1.807) is 12.1 Å². The summed E-state index contributed by atoms with van der Waals surface area (Å²) in [4.78, 5) is 2.20. The zero-order valence-corrected chi connectivity index (χ0v) is 11.6. The number of benzene rings is 1. The molecule has 0 aromatic heterocycles. The number of nitrogens with zero attached hydrogens (tertiary/aromatic N) is 1. The van der Waals surface area contributed by atoms with Gasteiger partial charge in [0.15, 0.2) is 0 Å². The molecule has 1 aromatic rings. The molecule has 3 nitrogen and oxygen atoms in total. The minimum atomic E-state index is -0.180. The first-order valence-electron chi connectivity index (χ1n) is 6.84. The van der Waals surface area contributed by atoms with Crippen molar-refractivity contribution >= 4 is 0 Å². The van der Waals surface area contributed by atoms with Crippen LogP contribution in [-0.2, 0) is 11.3 Å². The Labute approximate surface area is 114 Å². The minimum Gasteiger partial charge on any atom is -0.381 e. The van der Waals surface area contributed by atoms with E-state index >= 15 is 0 Å². The standard InChI is InChI=1S/C15H23FN2O/c1-18(9-13-4-2-5-14(16)8-13)11-15(10-17)6-3-7-19-12-15/h2,4-5,8H,3,6-7,9-12,17H2,1H3. The SMILES string of the molecule is CN(Cc1cccc(F)c1)CC1(CN)CCCOC1. The van der Waals surface area contributed by atoms with Crippen LogP contribution in [-0.4, -0.2) is 38.3 Å². The van der Waals surface area contributed by atoms with Gasteiger partial charge in [0.2, 0.25) is 0 Å². The van der Waals surface area contributed by atoms with Crippen molar-refractivity contribution < 1.29 is 9.13 Å². The molecule has 1 aromatic carbocycles. The second kappa shape index (κ2) is 6.46. The average Bonchev–Trinajstić information content (AvgIpc) is 2.39. The highest BCUT2D eigenvalue weighted by atomic mass is 19.1. The maximum atomic E-state index is 13.2. The van der Waals surface area contributed by atoms with Crippen LogP contribution < -0.4 is 5.73 Å². The molecule has 0 bridgehead atoms. The summed E-state index contributed by atoms with van der Waals surface area (Å²) in [5.41, 5.74) is 6.99. The van der Waals surface area contributed by atoms with Gasteiger partial charge in [-0.05, 0) is 37.6 Å². The van der Waals surface area contributed by atoms with E-state index in [0.717, 1.165) is 44.7 Å². The fraction of sp³-hybridized carbons (Fsp3) is 0.600. The fourth-order valence-electron chi connectivity index (χ4n) is 2.84. The van der Waals surface area contributed by atoms with Gasteiger partial charge in [0.1, 0.15) is 5.82 Å². The Balaban J connectivity index is 1.94. The van der Waals surface area contributed by atoms with Gasteiger partial charge in [-0.3, -0.25) is 0 Å². The third-order valence-corrected chi connectivity index (χ3v) is 3.78. The number of ether oxygens (including phenoxy) is 1. The van der Waals surface area contributed by atoms with Gasteiger partial charge in [0.25, 0.3) is 0 Å². The number of hydrogen-bond acceptors (Lipinski definition) is 3. The van der Waals surface area contributed by atoms with Crippen molar-refractivity contribution in [3.05, 3.63) is 35.6 Å². The van der Waals surface area contributed by atoms with Gasteiger partial charge in [-0.15, -0.1) is 0 Å². The van der Waals surface area contributed by atoms with Gasteiger partial charge < -0.3 is 15.4 Å². The van der Waals surface area contributed by atoms with E-state index in [1.165, 1.54) is 6.07 Å². The van der Waals surface area contributed by atoms with Crippen molar-refractivity contribution in [3.8, 4) is 0 Å². The minimum absolute atomic E-state index is 0.0559. The molecule has 19 heavy (non-hydrogen) atoms. The summed E-state index contributed by atoms with van der Waals surface area (Å²) in [7, 11) is 2.05. The van der Waals surface area contributed by atoms with E-state index in [0.29, 0.717) is 6.54 Å². The maximum absolute atomic E-state index is 13.2. The Kier molecular flexibility index (Phi) is 4.91. The Hall–Kier alpha value is -0.970. The molecule has 1 atom stereocenters. The fourth-order valence-corrected chi connectivity index (χ4v) is 2.84. The summed E-state index contributed by atoms with van der Waals surface area (Å²) in [6.45, 7) is 3.84. The lowest BCUT2D eigenvalue weighted by molar-refractivity contribution is -0.0192. The highest BCUT2D eigenvalue weighted by molar-refractivity contribution is 5.16. The molecule has 1 heterocycles. The molecule has 1 aliphatic heterocycles. The predicted molar refractivity (Wildman–Crippen MR) is 74.3 cm³/mol. The van der Waals surface area contributed by atoms with Gasteiger partial charge in [-0.2, -0.15) is 0 Å². The number of hydrogen-bond donors (Lipinski definition) is 1. The van der Waals surface area contributed by atoms with Crippen molar-refractivity contribution in [3.63, 3.8) is 0 Å². The molecule has 4 heteroatoms. The van der Waals surface area contributed by atoms with Crippen LogP contribution in [0.5, 0.6) is 0 Å². The molecule has 0 radical (unpaired) electrons. The highest BCUT2D eigenvalue weighted by Crippen LogP contribution is 2.28. The Morgan fingerprint density at radius 1 is 1.47 bits per heavy atom. The van der Waals surface area contributed by atoms with Crippen LogP contribution in [0.3, 0.4) is 0 Å². The summed E-state index contributed by atoms with van der Waals surface area (Å²) >= 11 is 0. The first kappa shape index (κ1) is 14.4. The van der Waals surface area contributed by atoms with E-state index in [2.05, 4.69) is 11.9 Å². The molecular weight excluding hydrogens is 243 g/mol. The average molecular weight is 266 g/mol. The second-order valence-corrected chi connectivity index (χ2v) is 5.66. The van der Waals surface area contributed by atoms with E-state index < -0.39 is 0 Å². The van der Waals surface area contributed by atoms with Gasteiger partial charge in [-0.1, -0.05) is 12.1 Å². The predicted octanol–water partition coefficient (Wildman–Crippen LogP) is 2.01. The maximum Gasteiger partial charge on any atom is 0.123 e. The third kappa shape index (κ3) is 4.00. The summed E-state index contributed by atoms with van der Waals surface area (Å²) in [5.74, 6) is -0.180. The Morgan fingerprint density at radius 2 is 2.32 bits per heavy atom. The van der Waals surface area contributed by atoms with Crippen LogP contribution in [0.25, 0.3) is 0 Å². The van der Waals surface area contributed by atoms with Crippen LogP contribution in [0.4, 0.5) is 4.39 Å². The van der Waals surface area contributed by atoms with E-state index in [1.807, 2.05) is 6.07 Å². The monoisotopic (exact) mass is 266 g/mol.